The maximum Gasteiger partial charge on any atom is 0.257 e. The fourth-order valence-electron chi connectivity index (χ4n) is 1.03. The topological polar surface area (TPSA) is 88.2 Å². The summed E-state index contributed by atoms with van der Waals surface area (Å²) in [5.41, 5.74) is 5.84. The molecule has 0 aromatic heterocycles. The lowest BCUT2D eigenvalue weighted by molar-refractivity contribution is -0.122. The summed E-state index contributed by atoms with van der Waals surface area (Å²) in [5, 5.41) is 9.74. The van der Waals surface area contributed by atoms with E-state index in [0.717, 1.165) is 0 Å². The van der Waals surface area contributed by atoms with Crippen molar-refractivity contribution in [2.45, 2.75) is 0 Å². The van der Waals surface area contributed by atoms with Gasteiger partial charge in [0.25, 0.3) is 5.91 Å². The number of amidine groups is 1. The van der Waals surface area contributed by atoms with E-state index in [1.807, 2.05) is 0 Å². The van der Waals surface area contributed by atoms with Crippen molar-refractivity contribution in [3.8, 4) is 5.75 Å². The van der Waals surface area contributed by atoms with Crippen LogP contribution in [0.1, 0.15) is 5.56 Å². The Morgan fingerprint density at radius 3 is 2.80 bits per heavy atom. The summed E-state index contributed by atoms with van der Waals surface area (Å²) in [6.07, 6.45) is 0. The van der Waals surface area contributed by atoms with Crippen molar-refractivity contribution >= 4 is 11.7 Å². The molecule has 1 rings (SSSR count). The Morgan fingerprint density at radius 1 is 1.53 bits per heavy atom. The van der Waals surface area contributed by atoms with E-state index in [1.165, 1.54) is 7.05 Å². The Kier molecular flexibility index (Phi) is 3.68. The Balaban J connectivity index is 2.76. The number of rotatable bonds is 4. The van der Waals surface area contributed by atoms with Crippen LogP contribution in [-0.2, 0) is 4.79 Å². The molecule has 15 heavy (non-hydrogen) atoms. The van der Waals surface area contributed by atoms with Gasteiger partial charge in [-0.2, -0.15) is 0 Å². The fraction of sp³-hybridized carbons (Fsp3) is 0.200. The first-order chi connectivity index (χ1) is 7.15. The van der Waals surface area contributed by atoms with E-state index in [-0.39, 0.29) is 18.3 Å². The summed E-state index contributed by atoms with van der Waals surface area (Å²) in [6, 6.07) is 6.84. The first-order valence-corrected chi connectivity index (χ1v) is 4.42. The molecule has 5 heteroatoms. The number of nitrogens with one attached hydrogen (secondary N) is 2. The quantitative estimate of drug-likeness (QED) is 0.483. The predicted molar refractivity (Wildman–Crippen MR) is 57.0 cm³/mol. The van der Waals surface area contributed by atoms with Gasteiger partial charge in [-0.25, -0.2) is 0 Å². The van der Waals surface area contributed by atoms with E-state index < -0.39 is 0 Å². The highest BCUT2D eigenvalue weighted by molar-refractivity contribution is 5.97. The smallest absolute Gasteiger partial charge is 0.257 e. The maximum absolute atomic E-state index is 10.9. The molecule has 1 aromatic rings. The SMILES string of the molecule is CNC(=O)COc1ccccc1C(=N)N. The predicted octanol–water partition coefficient (Wildman–Crippen LogP) is 0.0955. The second kappa shape index (κ2) is 4.99. The lowest BCUT2D eigenvalue weighted by Crippen LogP contribution is -2.25. The van der Waals surface area contributed by atoms with Crippen LogP contribution < -0.4 is 15.8 Å². The summed E-state index contributed by atoms with van der Waals surface area (Å²) in [7, 11) is 1.53. The molecule has 0 heterocycles. The summed E-state index contributed by atoms with van der Waals surface area (Å²) >= 11 is 0. The summed E-state index contributed by atoms with van der Waals surface area (Å²) < 4.78 is 5.22. The minimum atomic E-state index is -0.228. The monoisotopic (exact) mass is 207 g/mol. The molecule has 0 spiro atoms. The molecule has 0 bridgehead atoms. The van der Waals surface area contributed by atoms with Crippen LogP contribution in [0.2, 0.25) is 0 Å². The zero-order chi connectivity index (χ0) is 11.3. The fourth-order valence-corrected chi connectivity index (χ4v) is 1.03. The normalized spacial score (nSPS) is 9.40. The molecule has 0 aliphatic rings. The van der Waals surface area contributed by atoms with Gasteiger partial charge in [0.1, 0.15) is 11.6 Å². The first kappa shape index (κ1) is 11.0. The van der Waals surface area contributed by atoms with Crippen LogP contribution >= 0.6 is 0 Å². The van der Waals surface area contributed by atoms with Gasteiger partial charge in [-0.05, 0) is 12.1 Å². The van der Waals surface area contributed by atoms with Crippen molar-refractivity contribution in [2.24, 2.45) is 5.73 Å². The lowest BCUT2D eigenvalue weighted by Gasteiger charge is -2.09. The summed E-state index contributed by atoms with van der Waals surface area (Å²) in [4.78, 5) is 10.9. The third-order valence-corrected chi connectivity index (χ3v) is 1.81. The molecule has 5 nitrogen and oxygen atoms in total. The van der Waals surface area contributed by atoms with E-state index in [2.05, 4.69) is 5.32 Å². The zero-order valence-corrected chi connectivity index (χ0v) is 8.41. The molecule has 0 saturated heterocycles. The van der Waals surface area contributed by atoms with Gasteiger partial charge in [0.2, 0.25) is 0 Å². The lowest BCUT2D eigenvalue weighted by atomic mass is 10.2. The van der Waals surface area contributed by atoms with Crippen LogP contribution in [0.4, 0.5) is 0 Å². The molecule has 0 saturated carbocycles. The Hall–Kier alpha value is -2.04. The molecule has 0 aliphatic heterocycles. The Bertz CT molecular complexity index is 377. The van der Waals surface area contributed by atoms with Gasteiger partial charge in [0.05, 0.1) is 5.56 Å². The third kappa shape index (κ3) is 2.98. The number of hydrogen-bond acceptors (Lipinski definition) is 3. The number of amides is 1. The number of ether oxygens (including phenoxy) is 1. The number of hydrogen-bond donors (Lipinski definition) is 3. The van der Waals surface area contributed by atoms with Crippen molar-refractivity contribution in [1.82, 2.24) is 5.32 Å². The standard InChI is InChI=1S/C10H13N3O2/c1-13-9(14)6-15-8-5-3-2-4-7(8)10(11)12/h2-5H,6H2,1H3,(H3,11,12)(H,13,14). The van der Waals surface area contributed by atoms with Crippen LogP contribution in [-0.4, -0.2) is 25.4 Å². The minimum absolute atomic E-state index is 0.0810. The van der Waals surface area contributed by atoms with Crippen molar-refractivity contribution in [2.75, 3.05) is 13.7 Å². The molecular weight excluding hydrogens is 194 g/mol. The van der Waals surface area contributed by atoms with E-state index in [4.69, 9.17) is 15.9 Å². The number of para-hydroxylation sites is 1. The number of likely N-dealkylation sites (N-methyl/N-ethyl adjacent to an activating group) is 1. The van der Waals surface area contributed by atoms with Crippen molar-refractivity contribution in [3.63, 3.8) is 0 Å². The van der Waals surface area contributed by atoms with E-state index in [0.29, 0.717) is 11.3 Å². The molecular formula is C10H13N3O2. The van der Waals surface area contributed by atoms with Gasteiger partial charge in [-0.1, -0.05) is 12.1 Å². The van der Waals surface area contributed by atoms with Gasteiger partial charge in [0.15, 0.2) is 6.61 Å². The highest BCUT2D eigenvalue weighted by Gasteiger charge is 2.06. The van der Waals surface area contributed by atoms with E-state index in [9.17, 15) is 4.79 Å². The average molecular weight is 207 g/mol. The third-order valence-electron chi connectivity index (χ3n) is 1.81. The number of carbonyl (C=O) groups excluding carboxylic acids is 1. The minimum Gasteiger partial charge on any atom is -0.483 e. The van der Waals surface area contributed by atoms with Gasteiger partial charge in [-0.15, -0.1) is 0 Å². The first-order valence-electron chi connectivity index (χ1n) is 4.42. The molecule has 80 valence electrons. The molecule has 0 aliphatic carbocycles. The molecule has 0 unspecified atom stereocenters. The van der Waals surface area contributed by atoms with Gasteiger partial charge in [0, 0.05) is 7.05 Å². The number of benzene rings is 1. The second-order valence-electron chi connectivity index (χ2n) is 2.87. The average Bonchev–Trinajstić information content (AvgIpc) is 2.26. The van der Waals surface area contributed by atoms with Crippen LogP contribution in [0.3, 0.4) is 0 Å². The zero-order valence-electron chi connectivity index (χ0n) is 8.41. The van der Waals surface area contributed by atoms with Gasteiger partial charge >= 0.3 is 0 Å². The maximum atomic E-state index is 10.9. The molecule has 0 radical (unpaired) electrons. The van der Waals surface area contributed by atoms with E-state index >= 15 is 0 Å². The Labute approximate surface area is 87.7 Å². The number of carbonyl (C=O) groups is 1. The van der Waals surface area contributed by atoms with Crippen molar-refractivity contribution in [3.05, 3.63) is 29.8 Å². The molecule has 1 aromatic carbocycles. The summed E-state index contributed by atoms with van der Waals surface area (Å²) in [5.74, 6) is 0.129. The highest BCUT2D eigenvalue weighted by atomic mass is 16.5. The molecule has 4 N–H and O–H groups in total. The summed E-state index contributed by atoms with van der Waals surface area (Å²) in [6.45, 7) is -0.0825. The van der Waals surface area contributed by atoms with Crippen LogP contribution in [0.25, 0.3) is 0 Å². The molecule has 1 amide bonds. The number of nitrogen functional groups attached to an aromatic ring is 1. The molecule has 0 fully saturated rings. The van der Waals surface area contributed by atoms with E-state index in [1.54, 1.807) is 24.3 Å². The number of nitrogens with two attached hydrogens (primary N) is 1. The van der Waals surface area contributed by atoms with Gasteiger partial charge < -0.3 is 15.8 Å². The van der Waals surface area contributed by atoms with Crippen molar-refractivity contribution in [1.29, 1.82) is 5.41 Å². The largest absolute Gasteiger partial charge is 0.483 e. The second-order valence-corrected chi connectivity index (χ2v) is 2.87. The van der Waals surface area contributed by atoms with Crippen LogP contribution in [0, 0.1) is 5.41 Å². The van der Waals surface area contributed by atoms with Crippen molar-refractivity contribution < 1.29 is 9.53 Å². The van der Waals surface area contributed by atoms with Crippen LogP contribution in [0.15, 0.2) is 24.3 Å². The molecule has 0 atom stereocenters. The highest BCUT2D eigenvalue weighted by Crippen LogP contribution is 2.16. The van der Waals surface area contributed by atoms with Gasteiger partial charge in [-0.3, -0.25) is 10.2 Å². The Morgan fingerprint density at radius 2 is 2.20 bits per heavy atom. The van der Waals surface area contributed by atoms with Crippen LogP contribution in [0.5, 0.6) is 5.75 Å².